The van der Waals surface area contributed by atoms with Gasteiger partial charge in [-0.3, -0.25) is 19.8 Å². The number of aryl methyl sites for hydroxylation is 1. The van der Waals surface area contributed by atoms with E-state index in [9.17, 15) is 23.2 Å². The van der Waals surface area contributed by atoms with E-state index in [2.05, 4.69) is 26.2 Å². The molecule has 1 amide bonds. The number of nitrogens with one attached hydrogen (secondary N) is 1. The van der Waals surface area contributed by atoms with Crippen molar-refractivity contribution in [3.8, 4) is 22.9 Å². The molecule has 1 aliphatic heterocycles. The van der Waals surface area contributed by atoms with Crippen LogP contribution in [0.4, 0.5) is 18.9 Å². The molecule has 0 bridgehead atoms. The number of alkyl halides is 2. The van der Waals surface area contributed by atoms with Crippen LogP contribution in [0.5, 0.6) is 5.75 Å². The normalized spacial score (nSPS) is 13.1. The van der Waals surface area contributed by atoms with Gasteiger partial charge in [0.05, 0.1) is 40.4 Å². The molecule has 1 N–H and O–H groups in total. The summed E-state index contributed by atoms with van der Waals surface area (Å²) in [7, 11) is 0. The van der Waals surface area contributed by atoms with Crippen LogP contribution in [-0.4, -0.2) is 39.1 Å². The molecule has 0 radical (unpaired) electrons. The Balaban J connectivity index is 1.58. The van der Waals surface area contributed by atoms with Crippen molar-refractivity contribution in [2.45, 2.75) is 25.8 Å². The fourth-order valence-electron chi connectivity index (χ4n) is 4.11. The van der Waals surface area contributed by atoms with Gasteiger partial charge >= 0.3 is 0 Å². The lowest BCUT2D eigenvalue weighted by atomic mass is 9.94. The monoisotopic (exact) mass is 512 g/mol. The van der Waals surface area contributed by atoms with E-state index in [1.807, 2.05) is 0 Å². The summed E-state index contributed by atoms with van der Waals surface area (Å²) < 4.78 is 45.7. The highest BCUT2D eigenvalue weighted by Crippen LogP contribution is 2.40. The third kappa shape index (κ3) is 4.31. The lowest BCUT2D eigenvalue weighted by molar-refractivity contribution is -0.121. The average Bonchev–Trinajstić information content (AvgIpc) is 3.32. The smallest absolute Gasteiger partial charge is 0.265 e. The Bertz CT molecular complexity index is 1530. The summed E-state index contributed by atoms with van der Waals surface area (Å²) in [5.74, 6) is -0.707. The first-order valence-corrected chi connectivity index (χ1v) is 11.1. The lowest BCUT2D eigenvalue weighted by Crippen LogP contribution is -2.38. The van der Waals surface area contributed by atoms with Crippen molar-refractivity contribution in [1.29, 1.82) is 5.26 Å². The number of hydrogen-bond donors (Lipinski definition) is 1. The molecule has 1 aromatic carbocycles. The number of aromatic nitrogens is 4. The number of fused-ring (bicyclic) bond motifs is 2. The maximum absolute atomic E-state index is 14.3. The van der Waals surface area contributed by atoms with E-state index >= 15 is 0 Å². The number of hydrogen-bond acceptors (Lipinski definition) is 6. The van der Waals surface area contributed by atoms with Gasteiger partial charge < -0.3 is 4.74 Å². The summed E-state index contributed by atoms with van der Waals surface area (Å²) in [6, 6.07) is 8.13. The summed E-state index contributed by atoms with van der Waals surface area (Å²) in [6.07, 6.45) is -0.281. The summed E-state index contributed by atoms with van der Waals surface area (Å²) in [5.41, 5.74) is 2.16. The van der Waals surface area contributed by atoms with E-state index in [0.717, 1.165) is 6.07 Å². The van der Waals surface area contributed by atoms with Gasteiger partial charge in [-0.2, -0.15) is 10.4 Å². The predicted octanol–water partition coefficient (Wildman–Crippen LogP) is 4.81. The number of ether oxygens (including phenoxy) is 1. The zero-order chi connectivity index (χ0) is 25.4. The molecule has 0 unspecified atom stereocenters. The summed E-state index contributed by atoms with van der Waals surface area (Å²) in [4.78, 5) is 22.3. The molecule has 0 saturated heterocycles. The standard InChI is InChI=1S/C24H16ClF3N6O2/c25-13-6-16(26)18(30-8-13)10-34-19-3-1-12(5-20(19)36-11-22(34)35)23-14(7-29)17(2-4-21(27)28)32-24-15(23)9-31-33-24/h1,3,5-6,8-9,21H,2,4,10-11H2,(H,31,32,33). The maximum Gasteiger partial charge on any atom is 0.265 e. The van der Waals surface area contributed by atoms with Crippen LogP contribution < -0.4 is 9.64 Å². The number of carbonyl (C=O) groups is 1. The zero-order valence-electron chi connectivity index (χ0n) is 18.4. The molecule has 0 spiro atoms. The number of benzene rings is 1. The van der Waals surface area contributed by atoms with Crippen LogP contribution >= 0.6 is 11.6 Å². The van der Waals surface area contributed by atoms with Crippen LogP contribution in [0.25, 0.3) is 22.2 Å². The molecule has 0 aliphatic carbocycles. The lowest BCUT2D eigenvalue weighted by Gasteiger charge is -2.29. The Morgan fingerprint density at radius 1 is 1.25 bits per heavy atom. The first-order valence-electron chi connectivity index (χ1n) is 10.8. The molecular weight excluding hydrogens is 497 g/mol. The van der Waals surface area contributed by atoms with Crippen molar-refractivity contribution in [2.75, 3.05) is 11.5 Å². The molecule has 0 atom stereocenters. The van der Waals surface area contributed by atoms with Crippen molar-refractivity contribution in [1.82, 2.24) is 20.2 Å². The SMILES string of the molecule is N#Cc1c(CCC(F)F)nc2[nH]ncc2c1-c1ccc2c(c1)OCC(=O)N2Cc1ncc(Cl)cc1F. The molecule has 4 heterocycles. The molecule has 182 valence electrons. The number of H-pyrrole nitrogens is 1. The number of halogens is 4. The molecule has 4 aromatic rings. The Labute approximate surface area is 207 Å². The highest BCUT2D eigenvalue weighted by atomic mass is 35.5. The topological polar surface area (TPSA) is 108 Å². The van der Waals surface area contributed by atoms with Crippen molar-refractivity contribution in [3.05, 3.63) is 64.5 Å². The molecule has 12 heteroatoms. The average molecular weight is 513 g/mol. The Kier molecular flexibility index (Phi) is 6.20. The second-order valence-electron chi connectivity index (χ2n) is 8.02. The summed E-state index contributed by atoms with van der Waals surface area (Å²) >= 11 is 5.78. The van der Waals surface area contributed by atoms with Gasteiger partial charge in [0.2, 0.25) is 6.43 Å². The number of amides is 1. The minimum absolute atomic E-state index is 0.0364. The van der Waals surface area contributed by atoms with E-state index in [-0.39, 0.29) is 47.5 Å². The van der Waals surface area contributed by atoms with Crippen molar-refractivity contribution in [2.24, 2.45) is 0 Å². The molecular formula is C24H16ClF3N6O2. The third-order valence-electron chi connectivity index (χ3n) is 5.77. The molecule has 0 fully saturated rings. The second-order valence-corrected chi connectivity index (χ2v) is 8.45. The Morgan fingerprint density at radius 2 is 2.08 bits per heavy atom. The van der Waals surface area contributed by atoms with Gasteiger partial charge in [0, 0.05) is 23.6 Å². The highest BCUT2D eigenvalue weighted by molar-refractivity contribution is 6.30. The number of aromatic amines is 1. The van der Waals surface area contributed by atoms with Gasteiger partial charge in [-0.05, 0) is 30.2 Å². The molecule has 3 aromatic heterocycles. The number of carbonyl (C=O) groups excluding carboxylic acids is 1. The number of rotatable bonds is 6. The number of nitriles is 1. The van der Waals surface area contributed by atoms with Gasteiger partial charge in [0.25, 0.3) is 5.91 Å². The van der Waals surface area contributed by atoms with E-state index < -0.39 is 18.7 Å². The van der Waals surface area contributed by atoms with Crippen LogP contribution in [0, 0.1) is 17.1 Å². The minimum Gasteiger partial charge on any atom is -0.482 e. The first-order chi connectivity index (χ1) is 17.4. The Hall–Kier alpha value is -4.17. The largest absolute Gasteiger partial charge is 0.482 e. The molecule has 8 nitrogen and oxygen atoms in total. The van der Waals surface area contributed by atoms with Crippen LogP contribution in [0.15, 0.2) is 36.7 Å². The van der Waals surface area contributed by atoms with Crippen LogP contribution in [-0.2, 0) is 17.8 Å². The predicted molar refractivity (Wildman–Crippen MR) is 124 cm³/mol. The van der Waals surface area contributed by atoms with Crippen LogP contribution in [0.1, 0.15) is 23.4 Å². The van der Waals surface area contributed by atoms with E-state index in [4.69, 9.17) is 16.3 Å². The molecule has 5 rings (SSSR count). The first kappa shape index (κ1) is 23.6. The summed E-state index contributed by atoms with van der Waals surface area (Å²) in [5, 5.41) is 17.3. The number of nitrogens with zero attached hydrogens (tertiary/aromatic N) is 5. The highest BCUT2D eigenvalue weighted by Gasteiger charge is 2.28. The number of pyridine rings is 2. The summed E-state index contributed by atoms with van der Waals surface area (Å²) in [6.45, 7) is -0.423. The van der Waals surface area contributed by atoms with Crippen molar-refractivity contribution >= 4 is 34.2 Å². The third-order valence-corrected chi connectivity index (χ3v) is 5.98. The molecule has 0 saturated carbocycles. The molecule has 1 aliphatic rings. The van der Waals surface area contributed by atoms with Gasteiger partial charge in [0.1, 0.15) is 17.6 Å². The van der Waals surface area contributed by atoms with E-state index in [1.54, 1.807) is 18.2 Å². The van der Waals surface area contributed by atoms with E-state index in [1.165, 1.54) is 17.3 Å². The Morgan fingerprint density at radius 3 is 2.83 bits per heavy atom. The van der Waals surface area contributed by atoms with Crippen molar-refractivity contribution in [3.63, 3.8) is 0 Å². The quantitative estimate of drug-likeness (QED) is 0.397. The van der Waals surface area contributed by atoms with Gasteiger partial charge in [-0.25, -0.2) is 18.2 Å². The zero-order valence-corrected chi connectivity index (χ0v) is 19.2. The van der Waals surface area contributed by atoms with Gasteiger partial charge in [-0.15, -0.1) is 0 Å². The van der Waals surface area contributed by atoms with Gasteiger partial charge in [0.15, 0.2) is 12.3 Å². The fourth-order valence-corrected chi connectivity index (χ4v) is 4.25. The van der Waals surface area contributed by atoms with Crippen LogP contribution in [0.2, 0.25) is 5.02 Å². The fraction of sp³-hybridized carbons (Fsp3) is 0.208. The van der Waals surface area contributed by atoms with E-state index in [0.29, 0.717) is 33.6 Å². The minimum atomic E-state index is -2.54. The second kappa shape index (κ2) is 9.47. The van der Waals surface area contributed by atoms with Gasteiger partial charge in [-0.1, -0.05) is 17.7 Å². The van der Waals surface area contributed by atoms with Crippen LogP contribution in [0.3, 0.4) is 0 Å². The molecule has 36 heavy (non-hydrogen) atoms. The van der Waals surface area contributed by atoms with Crippen molar-refractivity contribution < 1.29 is 22.7 Å². The maximum atomic E-state index is 14.3. The number of anilines is 1.